The highest BCUT2D eigenvalue weighted by Crippen LogP contribution is 2.21. The SMILES string of the molecule is O=C(Nc1ccc(F)c(Br)c1)NC1CCC(O)CC1. The summed E-state index contributed by atoms with van der Waals surface area (Å²) < 4.78 is 13.4. The van der Waals surface area contributed by atoms with E-state index in [1.54, 1.807) is 0 Å². The molecule has 1 aliphatic rings. The fourth-order valence-corrected chi connectivity index (χ4v) is 2.53. The number of anilines is 1. The van der Waals surface area contributed by atoms with Crippen LogP contribution in [-0.2, 0) is 0 Å². The van der Waals surface area contributed by atoms with E-state index in [9.17, 15) is 14.3 Å². The first kappa shape index (κ1) is 14.3. The Balaban J connectivity index is 1.85. The molecule has 1 fully saturated rings. The second-order valence-corrected chi connectivity index (χ2v) is 5.59. The Labute approximate surface area is 119 Å². The van der Waals surface area contributed by atoms with Gasteiger partial charge in [0.1, 0.15) is 5.82 Å². The molecule has 0 aromatic heterocycles. The molecular formula is C13H16BrFN2O2. The van der Waals surface area contributed by atoms with Crippen LogP contribution in [0.25, 0.3) is 0 Å². The highest BCUT2D eigenvalue weighted by atomic mass is 79.9. The number of nitrogens with one attached hydrogen (secondary N) is 2. The first-order valence-corrected chi connectivity index (χ1v) is 7.04. The van der Waals surface area contributed by atoms with Crippen molar-refractivity contribution in [1.29, 1.82) is 0 Å². The number of halogens is 2. The van der Waals surface area contributed by atoms with Gasteiger partial charge in [-0.1, -0.05) is 0 Å². The van der Waals surface area contributed by atoms with Crippen molar-refractivity contribution in [2.75, 3.05) is 5.32 Å². The lowest BCUT2D eigenvalue weighted by Crippen LogP contribution is -2.40. The molecule has 4 nitrogen and oxygen atoms in total. The van der Waals surface area contributed by atoms with Gasteiger partial charge in [0.2, 0.25) is 0 Å². The predicted octanol–water partition coefficient (Wildman–Crippen LogP) is 3.01. The molecule has 0 bridgehead atoms. The molecule has 2 amide bonds. The zero-order chi connectivity index (χ0) is 13.8. The van der Waals surface area contributed by atoms with E-state index in [1.165, 1.54) is 18.2 Å². The minimum absolute atomic E-state index is 0.0901. The molecule has 0 unspecified atom stereocenters. The highest BCUT2D eigenvalue weighted by Gasteiger charge is 2.20. The number of hydrogen-bond acceptors (Lipinski definition) is 2. The van der Waals surface area contributed by atoms with Crippen LogP contribution in [-0.4, -0.2) is 23.3 Å². The Morgan fingerprint density at radius 3 is 2.63 bits per heavy atom. The third-order valence-electron chi connectivity index (χ3n) is 3.21. The quantitative estimate of drug-likeness (QED) is 0.780. The minimum Gasteiger partial charge on any atom is -0.393 e. The maximum atomic E-state index is 13.0. The Morgan fingerprint density at radius 1 is 1.32 bits per heavy atom. The summed E-state index contributed by atoms with van der Waals surface area (Å²) in [6.07, 6.45) is 2.75. The first-order valence-electron chi connectivity index (χ1n) is 6.25. The molecule has 6 heteroatoms. The highest BCUT2D eigenvalue weighted by molar-refractivity contribution is 9.10. The van der Waals surface area contributed by atoms with Crippen LogP contribution >= 0.6 is 15.9 Å². The zero-order valence-electron chi connectivity index (χ0n) is 10.3. The van der Waals surface area contributed by atoms with Crippen LogP contribution in [0.15, 0.2) is 22.7 Å². The topological polar surface area (TPSA) is 61.4 Å². The van der Waals surface area contributed by atoms with Crippen molar-refractivity contribution in [3.05, 3.63) is 28.5 Å². The van der Waals surface area contributed by atoms with Crippen molar-refractivity contribution in [1.82, 2.24) is 5.32 Å². The van der Waals surface area contributed by atoms with Crippen molar-refractivity contribution >= 4 is 27.6 Å². The van der Waals surface area contributed by atoms with Gasteiger partial charge in [0, 0.05) is 11.7 Å². The standard InChI is InChI=1S/C13H16BrFN2O2/c14-11-7-9(3-6-12(11)15)17-13(19)16-8-1-4-10(18)5-2-8/h3,6-8,10,18H,1-2,4-5H2,(H2,16,17,19). The molecule has 1 saturated carbocycles. The molecule has 0 atom stereocenters. The summed E-state index contributed by atoms with van der Waals surface area (Å²) >= 11 is 3.07. The van der Waals surface area contributed by atoms with Crippen molar-refractivity contribution in [3.8, 4) is 0 Å². The van der Waals surface area contributed by atoms with E-state index in [1.807, 2.05) is 0 Å². The molecule has 0 spiro atoms. The van der Waals surface area contributed by atoms with Gasteiger partial charge >= 0.3 is 6.03 Å². The number of carbonyl (C=O) groups excluding carboxylic acids is 1. The molecule has 0 aliphatic heterocycles. The average Bonchev–Trinajstić information content (AvgIpc) is 2.37. The summed E-state index contributed by atoms with van der Waals surface area (Å²) in [7, 11) is 0. The largest absolute Gasteiger partial charge is 0.393 e. The summed E-state index contributed by atoms with van der Waals surface area (Å²) in [5.74, 6) is -0.368. The normalized spacial score (nSPS) is 22.9. The van der Waals surface area contributed by atoms with E-state index in [4.69, 9.17) is 0 Å². The molecule has 1 aromatic carbocycles. The van der Waals surface area contributed by atoms with Gasteiger partial charge < -0.3 is 15.7 Å². The number of aliphatic hydroxyl groups is 1. The predicted molar refractivity (Wildman–Crippen MR) is 74.5 cm³/mol. The summed E-state index contributed by atoms with van der Waals surface area (Å²) in [6.45, 7) is 0. The van der Waals surface area contributed by atoms with Crippen molar-refractivity contribution < 1.29 is 14.3 Å². The second kappa shape index (κ2) is 6.34. The maximum absolute atomic E-state index is 13.0. The zero-order valence-corrected chi connectivity index (χ0v) is 11.9. The molecule has 0 heterocycles. The molecule has 2 rings (SSSR count). The number of urea groups is 1. The minimum atomic E-state index is -0.368. The molecular weight excluding hydrogens is 315 g/mol. The lowest BCUT2D eigenvalue weighted by molar-refractivity contribution is 0.118. The van der Waals surface area contributed by atoms with Gasteiger partial charge in [0.15, 0.2) is 0 Å². The molecule has 0 saturated heterocycles. The van der Waals surface area contributed by atoms with Gasteiger partial charge in [0.05, 0.1) is 10.6 Å². The molecule has 1 aliphatic carbocycles. The van der Waals surface area contributed by atoms with Crippen LogP contribution in [0.3, 0.4) is 0 Å². The number of benzene rings is 1. The van der Waals surface area contributed by atoms with E-state index in [2.05, 4.69) is 26.6 Å². The molecule has 0 radical (unpaired) electrons. The Bertz CT molecular complexity index is 462. The van der Waals surface area contributed by atoms with E-state index in [0.29, 0.717) is 23.0 Å². The van der Waals surface area contributed by atoms with Crippen molar-refractivity contribution in [2.24, 2.45) is 0 Å². The Kier molecular flexibility index (Phi) is 4.76. The smallest absolute Gasteiger partial charge is 0.319 e. The second-order valence-electron chi connectivity index (χ2n) is 4.73. The van der Waals surface area contributed by atoms with Gasteiger partial charge in [0.25, 0.3) is 0 Å². The average molecular weight is 331 g/mol. The van der Waals surface area contributed by atoms with Gasteiger partial charge in [-0.2, -0.15) is 0 Å². The number of rotatable bonds is 2. The number of aliphatic hydroxyl groups excluding tert-OH is 1. The van der Waals surface area contributed by atoms with E-state index in [-0.39, 0.29) is 24.0 Å². The Hall–Kier alpha value is -1.14. The molecule has 19 heavy (non-hydrogen) atoms. The van der Waals surface area contributed by atoms with Crippen LogP contribution in [0, 0.1) is 5.82 Å². The number of hydrogen-bond donors (Lipinski definition) is 3. The maximum Gasteiger partial charge on any atom is 0.319 e. The molecule has 3 N–H and O–H groups in total. The van der Waals surface area contributed by atoms with Crippen LogP contribution in [0.2, 0.25) is 0 Å². The summed E-state index contributed by atoms with van der Waals surface area (Å²) in [6, 6.07) is 4.09. The van der Waals surface area contributed by atoms with E-state index < -0.39 is 0 Å². The monoisotopic (exact) mass is 330 g/mol. The van der Waals surface area contributed by atoms with Crippen LogP contribution in [0.4, 0.5) is 14.9 Å². The number of carbonyl (C=O) groups is 1. The van der Waals surface area contributed by atoms with Crippen molar-refractivity contribution in [2.45, 2.75) is 37.8 Å². The Morgan fingerprint density at radius 2 is 2.00 bits per heavy atom. The van der Waals surface area contributed by atoms with Gasteiger partial charge in [-0.15, -0.1) is 0 Å². The van der Waals surface area contributed by atoms with E-state index in [0.717, 1.165) is 12.8 Å². The number of amides is 2. The fraction of sp³-hybridized carbons (Fsp3) is 0.462. The first-order chi connectivity index (χ1) is 9.04. The lowest BCUT2D eigenvalue weighted by atomic mass is 9.93. The van der Waals surface area contributed by atoms with Crippen LogP contribution in [0.5, 0.6) is 0 Å². The summed E-state index contributed by atoms with van der Waals surface area (Å²) in [5, 5.41) is 14.9. The van der Waals surface area contributed by atoms with Crippen molar-refractivity contribution in [3.63, 3.8) is 0 Å². The molecule has 104 valence electrons. The fourth-order valence-electron chi connectivity index (χ4n) is 2.15. The van der Waals surface area contributed by atoms with E-state index >= 15 is 0 Å². The van der Waals surface area contributed by atoms with Gasteiger partial charge in [-0.05, 0) is 59.8 Å². The molecule has 1 aromatic rings. The van der Waals surface area contributed by atoms with Gasteiger partial charge in [-0.3, -0.25) is 0 Å². The lowest BCUT2D eigenvalue weighted by Gasteiger charge is -2.26. The van der Waals surface area contributed by atoms with Crippen LogP contribution in [0.1, 0.15) is 25.7 Å². The summed E-state index contributed by atoms with van der Waals surface area (Å²) in [4.78, 5) is 11.8. The summed E-state index contributed by atoms with van der Waals surface area (Å²) in [5.41, 5.74) is 0.529. The third kappa shape index (κ3) is 4.18. The van der Waals surface area contributed by atoms with Crippen LogP contribution < -0.4 is 10.6 Å². The van der Waals surface area contributed by atoms with Gasteiger partial charge in [-0.25, -0.2) is 9.18 Å². The third-order valence-corrected chi connectivity index (χ3v) is 3.82.